The summed E-state index contributed by atoms with van der Waals surface area (Å²) >= 11 is 0. The number of aromatic nitrogens is 2. The predicted molar refractivity (Wildman–Crippen MR) is 86.7 cm³/mol. The van der Waals surface area contributed by atoms with Gasteiger partial charge in [-0.2, -0.15) is 13.2 Å². The van der Waals surface area contributed by atoms with Crippen LogP contribution in [0.2, 0.25) is 0 Å². The first-order valence-corrected chi connectivity index (χ1v) is 8.05. The van der Waals surface area contributed by atoms with Gasteiger partial charge in [-0.25, -0.2) is 4.98 Å². The molecule has 3 N–H and O–H groups in total. The second-order valence-electron chi connectivity index (χ2n) is 5.51. The SMILES string of the molecule is CCCCN=C(NCC)NCCC(O)(c1nccn1C)C(F)(F)F. The summed E-state index contributed by atoms with van der Waals surface area (Å²) in [5, 5.41) is 16.0. The molecule has 0 aliphatic heterocycles. The third-order valence-electron chi connectivity index (χ3n) is 3.57. The molecule has 0 radical (unpaired) electrons. The van der Waals surface area contributed by atoms with Gasteiger partial charge < -0.3 is 20.3 Å². The van der Waals surface area contributed by atoms with E-state index in [0.717, 1.165) is 12.8 Å². The lowest BCUT2D eigenvalue weighted by molar-refractivity contribution is -0.272. The summed E-state index contributed by atoms with van der Waals surface area (Å²) < 4.78 is 41.3. The largest absolute Gasteiger partial charge is 0.424 e. The Hall–Kier alpha value is -1.77. The number of aliphatic hydroxyl groups is 1. The minimum Gasteiger partial charge on any atom is -0.374 e. The van der Waals surface area contributed by atoms with Gasteiger partial charge in [0.2, 0.25) is 5.60 Å². The van der Waals surface area contributed by atoms with Gasteiger partial charge in [-0.05, 0) is 13.3 Å². The molecule has 0 aliphatic rings. The number of rotatable bonds is 8. The maximum Gasteiger partial charge on any atom is 0.424 e. The number of nitrogens with one attached hydrogen (secondary N) is 2. The summed E-state index contributed by atoms with van der Waals surface area (Å²) in [4.78, 5) is 7.94. The van der Waals surface area contributed by atoms with Crippen LogP contribution in [0.4, 0.5) is 13.2 Å². The molecule has 6 nitrogen and oxygen atoms in total. The topological polar surface area (TPSA) is 74.5 Å². The normalized spacial score (nSPS) is 15.2. The zero-order chi connectivity index (χ0) is 18.2. The maximum absolute atomic E-state index is 13.4. The molecule has 0 spiro atoms. The molecule has 138 valence electrons. The predicted octanol–water partition coefficient (Wildman–Crippen LogP) is 1.92. The van der Waals surface area contributed by atoms with Crippen molar-refractivity contribution < 1.29 is 18.3 Å². The number of alkyl halides is 3. The van der Waals surface area contributed by atoms with Gasteiger partial charge in [0.1, 0.15) is 5.82 Å². The lowest BCUT2D eigenvalue weighted by atomic mass is 9.97. The van der Waals surface area contributed by atoms with E-state index in [1.807, 2.05) is 13.8 Å². The van der Waals surface area contributed by atoms with Gasteiger partial charge >= 0.3 is 6.18 Å². The first-order valence-electron chi connectivity index (χ1n) is 8.05. The first kappa shape index (κ1) is 20.3. The Labute approximate surface area is 140 Å². The summed E-state index contributed by atoms with van der Waals surface area (Å²) in [5.41, 5.74) is -3.01. The Balaban J connectivity index is 2.79. The average molecular weight is 349 g/mol. The molecule has 0 amide bonds. The second kappa shape index (κ2) is 8.91. The maximum atomic E-state index is 13.4. The molecule has 1 aromatic heterocycles. The van der Waals surface area contributed by atoms with Crippen LogP contribution >= 0.6 is 0 Å². The van der Waals surface area contributed by atoms with Gasteiger partial charge in [0.25, 0.3) is 0 Å². The van der Waals surface area contributed by atoms with Crippen LogP contribution in [0.25, 0.3) is 0 Å². The van der Waals surface area contributed by atoms with Crippen LogP contribution in [-0.4, -0.2) is 46.4 Å². The molecule has 0 fully saturated rings. The van der Waals surface area contributed by atoms with E-state index < -0.39 is 24.0 Å². The van der Waals surface area contributed by atoms with Gasteiger partial charge in [0.05, 0.1) is 0 Å². The number of nitrogens with zero attached hydrogens (tertiary/aromatic N) is 3. The van der Waals surface area contributed by atoms with Crippen molar-refractivity contribution in [1.29, 1.82) is 0 Å². The number of hydrogen-bond donors (Lipinski definition) is 3. The van der Waals surface area contributed by atoms with Gasteiger partial charge in [-0.3, -0.25) is 4.99 Å². The average Bonchev–Trinajstić information content (AvgIpc) is 2.92. The third kappa shape index (κ3) is 5.12. The fraction of sp³-hybridized carbons (Fsp3) is 0.733. The minimum absolute atomic E-state index is 0.0964. The van der Waals surface area contributed by atoms with Crippen molar-refractivity contribution >= 4 is 5.96 Å². The molecule has 1 rings (SSSR count). The van der Waals surface area contributed by atoms with E-state index >= 15 is 0 Å². The lowest BCUT2D eigenvalue weighted by Crippen LogP contribution is -2.48. The van der Waals surface area contributed by atoms with E-state index in [1.54, 1.807) is 0 Å². The Bertz CT molecular complexity index is 529. The molecule has 1 atom stereocenters. The molecule has 9 heteroatoms. The van der Waals surface area contributed by atoms with Crippen LogP contribution in [0.3, 0.4) is 0 Å². The number of hydrogen-bond acceptors (Lipinski definition) is 3. The molecule has 1 heterocycles. The standard InChI is InChI=1S/C15H26F3N5O/c1-4-6-8-21-13(19-5-2)22-9-7-14(24,15(16,17)18)12-20-10-11-23(12)3/h10-11,24H,4-9H2,1-3H3,(H2,19,21,22). The van der Waals surface area contributed by atoms with E-state index in [1.165, 1.54) is 24.0 Å². The Kier molecular flexibility index (Phi) is 7.53. The number of aryl methyl sites for hydroxylation is 1. The van der Waals surface area contributed by atoms with E-state index in [9.17, 15) is 18.3 Å². The van der Waals surface area contributed by atoms with Gasteiger partial charge in [-0.15, -0.1) is 0 Å². The smallest absolute Gasteiger partial charge is 0.374 e. The molecule has 1 aromatic rings. The fourth-order valence-corrected chi connectivity index (χ4v) is 2.20. The molecule has 24 heavy (non-hydrogen) atoms. The molecule has 0 bridgehead atoms. The highest BCUT2D eigenvalue weighted by molar-refractivity contribution is 5.79. The molecule has 0 aliphatic carbocycles. The highest BCUT2D eigenvalue weighted by atomic mass is 19.4. The zero-order valence-corrected chi connectivity index (χ0v) is 14.3. The van der Waals surface area contributed by atoms with Gasteiger partial charge in [0.15, 0.2) is 5.96 Å². The third-order valence-corrected chi connectivity index (χ3v) is 3.57. The molecule has 0 aromatic carbocycles. The van der Waals surface area contributed by atoms with Crippen LogP contribution in [-0.2, 0) is 12.6 Å². The van der Waals surface area contributed by atoms with Crippen LogP contribution in [0.1, 0.15) is 38.9 Å². The highest BCUT2D eigenvalue weighted by Gasteiger charge is 2.57. The Morgan fingerprint density at radius 2 is 2.04 bits per heavy atom. The Morgan fingerprint density at radius 1 is 1.33 bits per heavy atom. The summed E-state index contributed by atoms with van der Waals surface area (Å²) in [6, 6.07) is 0. The van der Waals surface area contributed by atoms with Crippen molar-refractivity contribution in [3.63, 3.8) is 0 Å². The summed E-state index contributed by atoms with van der Waals surface area (Å²) in [7, 11) is 1.42. The van der Waals surface area contributed by atoms with Gasteiger partial charge in [-0.1, -0.05) is 13.3 Å². The van der Waals surface area contributed by atoms with E-state index in [0.29, 0.717) is 19.0 Å². The van der Waals surface area contributed by atoms with Crippen molar-refractivity contribution in [2.24, 2.45) is 12.0 Å². The lowest BCUT2D eigenvalue weighted by Gasteiger charge is -2.30. The second-order valence-corrected chi connectivity index (χ2v) is 5.51. The minimum atomic E-state index is -4.83. The van der Waals surface area contributed by atoms with Crippen molar-refractivity contribution in [2.75, 3.05) is 19.6 Å². The van der Waals surface area contributed by atoms with Crippen LogP contribution in [0.15, 0.2) is 17.4 Å². The zero-order valence-electron chi connectivity index (χ0n) is 14.3. The quantitative estimate of drug-likeness (QED) is 0.381. The molecular formula is C15H26F3N5O. The number of aliphatic imine (C=N–C) groups is 1. The van der Waals surface area contributed by atoms with E-state index in [-0.39, 0.29) is 6.54 Å². The van der Waals surface area contributed by atoms with Crippen molar-refractivity contribution in [1.82, 2.24) is 20.2 Å². The monoisotopic (exact) mass is 349 g/mol. The molecular weight excluding hydrogens is 323 g/mol. The summed E-state index contributed by atoms with van der Waals surface area (Å²) in [5.74, 6) is 0.0139. The Morgan fingerprint density at radius 3 is 2.54 bits per heavy atom. The number of unbranched alkanes of at least 4 members (excludes halogenated alkanes) is 1. The van der Waals surface area contributed by atoms with Crippen molar-refractivity contribution in [3.8, 4) is 0 Å². The number of guanidine groups is 1. The van der Waals surface area contributed by atoms with Crippen LogP contribution < -0.4 is 10.6 Å². The molecule has 1 unspecified atom stereocenters. The van der Waals surface area contributed by atoms with Crippen molar-refractivity contribution in [2.45, 2.75) is 44.9 Å². The van der Waals surface area contributed by atoms with Gasteiger partial charge in [0, 0.05) is 45.5 Å². The fourth-order valence-electron chi connectivity index (χ4n) is 2.20. The molecule has 0 saturated carbocycles. The van der Waals surface area contributed by atoms with E-state index in [4.69, 9.17) is 0 Å². The number of halogens is 3. The summed E-state index contributed by atoms with van der Waals surface area (Å²) in [6.07, 6.45) is -0.914. The first-order chi connectivity index (χ1) is 11.3. The highest BCUT2D eigenvalue weighted by Crippen LogP contribution is 2.40. The van der Waals surface area contributed by atoms with Crippen LogP contribution in [0.5, 0.6) is 0 Å². The van der Waals surface area contributed by atoms with Crippen LogP contribution in [0, 0.1) is 0 Å². The molecule has 0 saturated heterocycles. The van der Waals surface area contributed by atoms with Crippen molar-refractivity contribution in [3.05, 3.63) is 18.2 Å². The number of imidazole rings is 1. The van der Waals surface area contributed by atoms with E-state index in [2.05, 4.69) is 20.6 Å². The summed E-state index contributed by atoms with van der Waals surface area (Å²) in [6.45, 7) is 5.00.